The van der Waals surface area contributed by atoms with Gasteiger partial charge in [-0.05, 0) is 54.8 Å². The summed E-state index contributed by atoms with van der Waals surface area (Å²) < 4.78 is 25.2. The molecule has 0 saturated carbocycles. The monoisotopic (exact) mass is 518 g/mol. The number of hydrogen-bond acceptors (Lipinski definition) is 5. The van der Waals surface area contributed by atoms with Gasteiger partial charge in [0.05, 0.1) is 17.7 Å². The Kier molecular flexibility index (Phi) is 8.43. The van der Waals surface area contributed by atoms with Gasteiger partial charge in [-0.2, -0.15) is 0 Å². The molecule has 4 rings (SSSR count). The van der Waals surface area contributed by atoms with Crippen LogP contribution in [0.2, 0.25) is 0 Å². The highest BCUT2D eigenvalue weighted by Gasteiger charge is 2.25. The van der Waals surface area contributed by atoms with E-state index in [1.165, 1.54) is 18.4 Å². The normalized spacial score (nSPS) is 12.8. The van der Waals surface area contributed by atoms with Gasteiger partial charge < -0.3 is 24.9 Å². The predicted octanol–water partition coefficient (Wildman–Crippen LogP) is 5.24. The van der Waals surface area contributed by atoms with Gasteiger partial charge in [0.2, 0.25) is 0 Å². The number of aliphatic hydroxyl groups is 1. The predicted molar refractivity (Wildman–Crippen MR) is 143 cm³/mol. The summed E-state index contributed by atoms with van der Waals surface area (Å²) in [4.78, 5) is 26.4. The molecule has 8 heteroatoms. The SMILES string of the molecule is CC(C)CNC(=O)c1ccc(OCC(C)O)c(C(NC(=O)c2coc3ccccc23)c2ccc(F)cc2)c1. The molecular formula is C30H31FN2O5. The molecule has 7 nitrogen and oxygen atoms in total. The van der Waals surface area contributed by atoms with Gasteiger partial charge in [0, 0.05) is 23.1 Å². The average molecular weight is 519 g/mol. The zero-order valence-electron chi connectivity index (χ0n) is 21.5. The molecule has 2 unspecified atom stereocenters. The molecule has 3 aromatic carbocycles. The third kappa shape index (κ3) is 6.39. The summed E-state index contributed by atoms with van der Waals surface area (Å²) in [6.45, 7) is 6.09. The van der Waals surface area contributed by atoms with Crippen LogP contribution in [0.25, 0.3) is 11.0 Å². The molecule has 198 valence electrons. The second kappa shape index (κ2) is 11.9. The summed E-state index contributed by atoms with van der Waals surface area (Å²) in [6, 6.07) is 17.0. The molecule has 38 heavy (non-hydrogen) atoms. The lowest BCUT2D eigenvalue weighted by molar-refractivity contribution is 0.0939. The van der Waals surface area contributed by atoms with E-state index in [4.69, 9.17) is 9.15 Å². The van der Waals surface area contributed by atoms with Crippen LogP contribution in [0.3, 0.4) is 0 Å². The highest BCUT2D eigenvalue weighted by molar-refractivity contribution is 6.06. The number of rotatable bonds is 10. The number of carbonyl (C=O) groups is 2. The van der Waals surface area contributed by atoms with Crippen molar-refractivity contribution in [1.82, 2.24) is 10.6 Å². The summed E-state index contributed by atoms with van der Waals surface area (Å²) in [6.07, 6.45) is 0.649. The Labute approximate surface area is 220 Å². The molecule has 0 aliphatic carbocycles. The van der Waals surface area contributed by atoms with Crippen molar-refractivity contribution in [2.75, 3.05) is 13.2 Å². The van der Waals surface area contributed by atoms with Crippen LogP contribution in [0.4, 0.5) is 4.39 Å². The Morgan fingerprint density at radius 2 is 1.74 bits per heavy atom. The number of aliphatic hydroxyl groups excluding tert-OH is 1. The first-order chi connectivity index (χ1) is 18.2. The highest BCUT2D eigenvalue weighted by atomic mass is 19.1. The van der Waals surface area contributed by atoms with Gasteiger partial charge in [-0.15, -0.1) is 0 Å². The van der Waals surface area contributed by atoms with Gasteiger partial charge in [0.1, 0.15) is 30.0 Å². The average Bonchev–Trinajstić information content (AvgIpc) is 3.34. The number of fused-ring (bicyclic) bond motifs is 1. The maximum absolute atomic E-state index is 13.8. The number of carbonyl (C=O) groups excluding carboxylic acids is 2. The van der Waals surface area contributed by atoms with E-state index in [9.17, 15) is 19.1 Å². The second-order valence-corrected chi connectivity index (χ2v) is 9.62. The van der Waals surface area contributed by atoms with E-state index in [1.807, 2.05) is 26.0 Å². The van der Waals surface area contributed by atoms with Crippen molar-refractivity contribution in [2.24, 2.45) is 5.92 Å². The van der Waals surface area contributed by atoms with Crippen LogP contribution >= 0.6 is 0 Å². The molecule has 0 aliphatic heterocycles. The van der Waals surface area contributed by atoms with Crippen molar-refractivity contribution in [2.45, 2.75) is 32.9 Å². The first kappa shape index (κ1) is 26.9. The second-order valence-electron chi connectivity index (χ2n) is 9.62. The fourth-order valence-electron chi connectivity index (χ4n) is 4.01. The number of para-hydroxylation sites is 1. The lowest BCUT2D eigenvalue weighted by Gasteiger charge is -2.24. The third-order valence-corrected chi connectivity index (χ3v) is 5.94. The Morgan fingerprint density at radius 3 is 2.45 bits per heavy atom. The van der Waals surface area contributed by atoms with Crippen LogP contribution in [-0.4, -0.2) is 36.2 Å². The van der Waals surface area contributed by atoms with Gasteiger partial charge in [0.15, 0.2) is 0 Å². The maximum atomic E-state index is 13.8. The number of benzene rings is 3. The van der Waals surface area contributed by atoms with Gasteiger partial charge in [-0.1, -0.05) is 44.2 Å². The smallest absolute Gasteiger partial charge is 0.255 e. The first-order valence-electron chi connectivity index (χ1n) is 12.5. The van der Waals surface area contributed by atoms with Gasteiger partial charge >= 0.3 is 0 Å². The van der Waals surface area contributed by atoms with Crippen LogP contribution in [0.1, 0.15) is 58.7 Å². The number of furan rings is 1. The van der Waals surface area contributed by atoms with E-state index in [0.29, 0.717) is 45.5 Å². The van der Waals surface area contributed by atoms with Crippen LogP contribution in [0.15, 0.2) is 77.4 Å². The molecule has 1 heterocycles. The van der Waals surface area contributed by atoms with E-state index in [1.54, 1.807) is 49.4 Å². The molecule has 0 radical (unpaired) electrons. The number of amides is 2. The molecule has 0 fully saturated rings. The zero-order valence-corrected chi connectivity index (χ0v) is 21.5. The quantitative estimate of drug-likeness (QED) is 0.267. The van der Waals surface area contributed by atoms with Crippen LogP contribution < -0.4 is 15.4 Å². The molecule has 0 spiro atoms. The Bertz CT molecular complexity index is 1410. The van der Waals surface area contributed by atoms with E-state index in [0.717, 1.165) is 0 Å². The lowest BCUT2D eigenvalue weighted by Crippen LogP contribution is -2.31. The molecule has 2 atom stereocenters. The molecular weight excluding hydrogens is 487 g/mol. The third-order valence-electron chi connectivity index (χ3n) is 5.94. The Balaban J connectivity index is 1.78. The topological polar surface area (TPSA) is 101 Å². The van der Waals surface area contributed by atoms with Crippen LogP contribution in [0.5, 0.6) is 5.75 Å². The minimum absolute atomic E-state index is 0.00233. The fourth-order valence-corrected chi connectivity index (χ4v) is 4.01. The van der Waals surface area contributed by atoms with Gasteiger partial charge in [-0.25, -0.2) is 4.39 Å². The molecule has 1 aromatic heterocycles. The van der Waals surface area contributed by atoms with Crippen LogP contribution in [-0.2, 0) is 0 Å². The van der Waals surface area contributed by atoms with Crippen molar-refractivity contribution in [1.29, 1.82) is 0 Å². The van der Waals surface area contributed by atoms with Crippen molar-refractivity contribution < 1.29 is 28.2 Å². The fraction of sp³-hybridized carbons (Fsp3) is 0.267. The zero-order chi connectivity index (χ0) is 27.2. The van der Waals surface area contributed by atoms with Crippen molar-refractivity contribution in [3.8, 4) is 5.75 Å². The largest absolute Gasteiger partial charge is 0.491 e. The minimum Gasteiger partial charge on any atom is -0.491 e. The standard InChI is InChI=1S/C30H31FN2O5/c1-18(2)15-32-29(35)21-10-13-27(37-16-19(3)34)24(14-21)28(20-8-11-22(31)12-9-20)33-30(36)25-17-38-26-7-5-4-6-23(25)26/h4-14,17-19,28,34H,15-16H2,1-3H3,(H,32,35)(H,33,36). The minimum atomic E-state index is -0.807. The number of halogens is 1. The number of hydrogen-bond donors (Lipinski definition) is 3. The van der Waals surface area contributed by atoms with E-state index >= 15 is 0 Å². The maximum Gasteiger partial charge on any atom is 0.255 e. The number of ether oxygens (including phenoxy) is 1. The summed E-state index contributed by atoms with van der Waals surface area (Å²) in [7, 11) is 0. The first-order valence-corrected chi connectivity index (χ1v) is 12.5. The van der Waals surface area contributed by atoms with Crippen LogP contribution in [0, 0.1) is 11.7 Å². The molecule has 0 aliphatic rings. The molecule has 0 bridgehead atoms. The number of nitrogens with one attached hydrogen (secondary N) is 2. The molecule has 0 saturated heterocycles. The molecule has 3 N–H and O–H groups in total. The Hall–Kier alpha value is -4.17. The summed E-state index contributed by atoms with van der Waals surface area (Å²) in [5.74, 6) is -0.472. The van der Waals surface area contributed by atoms with Crippen molar-refractivity contribution in [3.63, 3.8) is 0 Å². The Morgan fingerprint density at radius 1 is 1.00 bits per heavy atom. The highest BCUT2D eigenvalue weighted by Crippen LogP contribution is 2.33. The van der Waals surface area contributed by atoms with E-state index in [2.05, 4.69) is 10.6 Å². The molecule has 2 amide bonds. The summed E-state index contributed by atoms with van der Waals surface area (Å²) in [5.41, 5.74) is 2.34. The molecule has 4 aromatic rings. The summed E-state index contributed by atoms with van der Waals surface area (Å²) >= 11 is 0. The van der Waals surface area contributed by atoms with Gasteiger partial charge in [-0.3, -0.25) is 9.59 Å². The lowest BCUT2D eigenvalue weighted by atomic mass is 9.95. The van der Waals surface area contributed by atoms with E-state index in [-0.39, 0.29) is 18.4 Å². The van der Waals surface area contributed by atoms with Gasteiger partial charge in [0.25, 0.3) is 11.8 Å². The van der Waals surface area contributed by atoms with Crippen molar-refractivity contribution in [3.05, 3.63) is 101 Å². The van der Waals surface area contributed by atoms with Crippen molar-refractivity contribution >= 4 is 22.8 Å². The summed E-state index contributed by atoms with van der Waals surface area (Å²) in [5, 5.41) is 16.4. The van der Waals surface area contributed by atoms with E-state index < -0.39 is 23.9 Å².